The monoisotopic (exact) mass is 597 g/mol. The molecule has 0 radical (unpaired) electrons. The lowest BCUT2D eigenvalue weighted by Crippen LogP contribution is -2.53. The molecule has 0 aliphatic rings. The lowest BCUT2D eigenvalue weighted by Gasteiger charge is -2.34. The molecule has 2 amide bonds. The van der Waals surface area contributed by atoms with E-state index in [0.29, 0.717) is 22.7 Å². The minimum absolute atomic E-state index is 0.0520. The molecule has 0 aliphatic carbocycles. The third-order valence-electron chi connectivity index (χ3n) is 7.14. The summed E-state index contributed by atoms with van der Waals surface area (Å²) in [4.78, 5) is 29.0. The number of anilines is 1. The minimum Gasteiger partial charge on any atom is -0.352 e. The van der Waals surface area contributed by atoms with Crippen LogP contribution in [0.25, 0.3) is 0 Å². The lowest BCUT2D eigenvalue weighted by molar-refractivity contribution is -0.140. The molecular formula is C32H40ClN3O4S. The lowest BCUT2D eigenvalue weighted by atomic mass is 10.0. The van der Waals surface area contributed by atoms with Crippen molar-refractivity contribution in [1.82, 2.24) is 10.2 Å². The number of rotatable bonds is 13. The highest BCUT2D eigenvalue weighted by Gasteiger charge is 2.34. The number of nitrogens with one attached hydrogen (secondary N) is 1. The number of amides is 2. The largest absolute Gasteiger partial charge is 0.352 e. The molecule has 3 rings (SSSR count). The summed E-state index contributed by atoms with van der Waals surface area (Å²) in [5.41, 5.74) is 2.07. The molecule has 7 nitrogen and oxygen atoms in total. The first kappa shape index (κ1) is 32.2. The first-order valence-corrected chi connectivity index (χ1v) is 15.8. The molecule has 0 saturated heterocycles. The Labute approximate surface area is 249 Å². The highest BCUT2D eigenvalue weighted by Crippen LogP contribution is 2.27. The van der Waals surface area contributed by atoms with E-state index in [2.05, 4.69) is 19.2 Å². The molecule has 0 heterocycles. The van der Waals surface area contributed by atoms with Crippen LogP contribution in [0.5, 0.6) is 0 Å². The van der Waals surface area contributed by atoms with Gasteiger partial charge in [-0.1, -0.05) is 87.8 Å². The molecule has 3 aromatic rings. The number of carbonyl (C=O) groups excluding carboxylic acids is 2. The van der Waals surface area contributed by atoms with Gasteiger partial charge in [-0.15, -0.1) is 0 Å². The Morgan fingerprint density at radius 3 is 2.02 bits per heavy atom. The number of nitrogens with zero attached hydrogens (tertiary/aromatic N) is 2. The maximum atomic E-state index is 14.2. The number of carbonyl (C=O) groups is 2. The van der Waals surface area contributed by atoms with Crippen LogP contribution < -0.4 is 9.62 Å². The van der Waals surface area contributed by atoms with Gasteiger partial charge in [-0.3, -0.25) is 13.9 Å². The number of sulfonamides is 1. The molecule has 220 valence electrons. The van der Waals surface area contributed by atoms with Gasteiger partial charge < -0.3 is 10.2 Å². The van der Waals surface area contributed by atoms with E-state index >= 15 is 0 Å². The van der Waals surface area contributed by atoms with E-state index in [1.54, 1.807) is 48.5 Å². The third kappa shape index (κ3) is 8.11. The first-order chi connectivity index (χ1) is 19.5. The van der Waals surface area contributed by atoms with E-state index < -0.39 is 28.5 Å². The Morgan fingerprint density at radius 1 is 0.854 bits per heavy atom. The van der Waals surface area contributed by atoms with Crippen molar-refractivity contribution in [3.05, 3.63) is 95.0 Å². The Hall–Kier alpha value is -3.36. The van der Waals surface area contributed by atoms with Gasteiger partial charge in [-0.05, 0) is 67.1 Å². The van der Waals surface area contributed by atoms with E-state index in [1.807, 2.05) is 39.0 Å². The summed E-state index contributed by atoms with van der Waals surface area (Å²) < 4.78 is 29.0. The molecule has 0 bridgehead atoms. The fourth-order valence-electron chi connectivity index (χ4n) is 4.44. The fourth-order valence-corrected chi connectivity index (χ4v) is 6.08. The number of benzene rings is 3. The molecule has 0 spiro atoms. The second kappa shape index (κ2) is 14.5. The molecule has 3 aromatic carbocycles. The van der Waals surface area contributed by atoms with Gasteiger partial charge in [0, 0.05) is 17.6 Å². The standard InChI is InChI=1S/C32H40ClN3O4S/c1-6-24(5)34-32(38)30(7-2)35(21-26-13-11-12-16-29(26)33)31(37)22-36(27-19-17-25(18-20-27)23(3)4)41(39,40)28-14-9-8-10-15-28/h8-20,23-24,30H,6-7,21-22H2,1-5H3,(H,34,38)/t24-,30+/m0/s1. The van der Waals surface area contributed by atoms with Crippen LogP contribution in [0.1, 0.15) is 64.5 Å². The highest BCUT2D eigenvalue weighted by atomic mass is 35.5. The fraction of sp³-hybridized carbons (Fsp3) is 0.375. The molecule has 0 fully saturated rings. The van der Waals surface area contributed by atoms with Crippen molar-refractivity contribution in [3.8, 4) is 0 Å². The minimum atomic E-state index is -4.11. The third-order valence-corrected chi connectivity index (χ3v) is 9.30. The van der Waals surface area contributed by atoms with Crippen molar-refractivity contribution in [2.24, 2.45) is 0 Å². The van der Waals surface area contributed by atoms with Gasteiger partial charge in [0.05, 0.1) is 10.6 Å². The van der Waals surface area contributed by atoms with Gasteiger partial charge in [0.2, 0.25) is 11.8 Å². The van der Waals surface area contributed by atoms with Crippen molar-refractivity contribution in [1.29, 1.82) is 0 Å². The summed E-state index contributed by atoms with van der Waals surface area (Å²) in [5, 5.41) is 3.44. The smallest absolute Gasteiger partial charge is 0.264 e. The maximum Gasteiger partial charge on any atom is 0.264 e. The number of hydrogen-bond acceptors (Lipinski definition) is 4. The summed E-state index contributed by atoms with van der Waals surface area (Å²) in [7, 11) is -4.11. The van der Waals surface area contributed by atoms with E-state index in [9.17, 15) is 18.0 Å². The molecule has 1 N–H and O–H groups in total. The average molecular weight is 598 g/mol. The Balaban J connectivity index is 2.07. The Morgan fingerprint density at radius 2 is 1.46 bits per heavy atom. The van der Waals surface area contributed by atoms with Crippen molar-refractivity contribution in [2.45, 2.75) is 76.9 Å². The number of hydrogen-bond donors (Lipinski definition) is 1. The van der Waals surface area contributed by atoms with Crippen LogP contribution in [0.2, 0.25) is 5.02 Å². The predicted molar refractivity (Wildman–Crippen MR) is 165 cm³/mol. The summed E-state index contributed by atoms with van der Waals surface area (Å²) in [6.45, 7) is 9.37. The van der Waals surface area contributed by atoms with E-state index in [1.165, 1.54) is 17.0 Å². The normalized spacial score (nSPS) is 13.0. The molecule has 2 atom stereocenters. The van der Waals surface area contributed by atoms with Crippen LogP contribution in [0, 0.1) is 0 Å². The van der Waals surface area contributed by atoms with Crippen LogP contribution in [0.15, 0.2) is 83.8 Å². The maximum absolute atomic E-state index is 14.2. The van der Waals surface area contributed by atoms with Crippen molar-refractivity contribution >= 4 is 39.1 Å². The van der Waals surface area contributed by atoms with Gasteiger partial charge in [-0.2, -0.15) is 0 Å². The summed E-state index contributed by atoms with van der Waals surface area (Å²) in [6, 6.07) is 21.4. The van der Waals surface area contributed by atoms with Gasteiger partial charge in [0.1, 0.15) is 12.6 Å². The zero-order valence-corrected chi connectivity index (χ0v) is 26.0. The second-order valence-corrected chi connectivity index (χ2v) is 12.7. The first-order valence-electron chi connectivity index (χ1n) is 14.0. The highest BCUT2D eigenvalue weighted by molar-refractivity contribution is 7.92. The van der Waals surface area contributed by atoms with Crippen molar-refractivity contribution in [2.75, 3.05) is 10.8 Å². The van der Waals surface area contributed by atoms with E-state index in [4.69, 9.17) is 11.6 Å². The average Bonchev–Trinajstić information content (AvgIpc) is 2.97. The molecular weight excluding hydrogens is 558 g/mol. The van der Waals surface area contributed by atoms with Crippen molar-refractivity contribution in [3.63, 3.8) is 0 Å². The van der Waals surface area contributed by atoms with Crippen LogP contribution in [0.4, 0.5) is 5.69 Å². The molecule has 0 saturated carbocycles. The summed E-state index contributed by atoms with van der Waals surface area (Å²) in [5.74, 6) is -0.546. The molecule has 41 heavy (non-hydrogen) atoms. The predicted octanol–water partition coefficient (Wildman–Crippen LogP) is 6.38. The van der Waals surface area contributed by atoms with Crippen LogP contribution in [-0.4, -0.2) is 43.8 Å². The molecule has 9 heteroatoms. The SMILES string of the molecule is CC[C@H](C(=O)N[C@@H](C)CC)N(Cc1ccccc1Cl)C(=O)CN(c1ccc(C(C)C)cc1)S(=O)(=O)c1ccccc1. The summed E-state index contributed by atoms with van der Waals surface area (Å²) in [6.07, 6.45) is 1.07. The zero-order chi connectivity index (χ0) is 30.2. The van der Waals surface area contributed by atoms with Crippen LogP contribution in [-0.2, 0) is 26.2 Å². The van der Waals surface area contributed by atoms with Gasteiger partial charge in [0.25, 0.3) is 10.0 Å². The Bertz CT molecular complexity index is 1410. The molecule has 0 unspecified atom stereocenters. The Kier molecular flexibility index (Phi) is 11.4. The topological polar surface area (TPSA) is 86.8 Å². The van der Waals surface area contributed by atoms with Crippen LogP contribution in [0.3, 0.4) is 0 Å². The van der Waals surface area contributed by atoms with E-state index in [-0.39, 0.29) is 29.3 Å². The zero-order valence-electron chi connectivity index (χ0n) is 24.4. The van der Waals surface area contributed by atoms with Crippen LogP contribution >= 0.6 is 11.6 Å². The van der Waals surface area contributed by atoms with Crippen molar-refractivity contribution < 1.29 is 18.0 Å². The molecule has 0 aliphatic heterocycles. The van der Waals surface area contributed by atoms with E-state index in [0.717, 1.165) is 16.3 Å². The second-order valence-electron chi connectivity index (χ2n) is 10.4. The summed E-state index contributed by atoms with van der Waals surface area (Å²) >= 11 is 6.46. The number of halogens is 1. The quantitative estimate of drug-likeness (QED) is 0.248. The van der Waals surface area contributed by atoms with Gasteiger partial charge in [-0.25, -0.2) is 8.42 Å². The molecule has 0 aromatic heterocycles. The van der Waals surface area contributed by atoms with Gasteiger partial charge in [0.15, 0.2) is 0 Å². The van der Waals surface area contributed by atoms with Gasteiger partial charge >= 0.3 is 0 Å².